The Labute approximate surface area is 90.0 Å². The second-order valence-electron chi connectivity index (χ2n) is 3.63. The lowest BCUT2D eigenvalue weighted by Crippen LogP contribution is -2.11. The molecule has 86 valence electrons. The first-order chi connectivity index (χ1) is 7.54. The van der Waals surface area contributed by atoms with Crippen LogP contribution >= 0.6 is 0 Å². The van der Waals surface area contributed by atoms with Crippen molar-refractivity contribution in [3.8, 4) is 5.75 Å². The number of ether oxygens (including phenoxy) is 1. The minimum atomic E-state index is -4.40. The highest BCUT2D eigenvalue weighted by Crippen LogP contribution is 2.44. The summed E-state index contributed by atoms with van der Waals surface area (Å²) in [6.45, 7) is 0.140. The highest BCUT2D eigenvalue weighted by molar-refractivity contribution is 5.56. The van der Waals surface area contributed by atoms with Gasteiger partial charge in [-0.15, -0.1) is 0 Å². The Kier molecular flexibility index (Phi) is 2.61. The molecule has 2 rings (SSSR count). The zero-order valence-corrected chi connectivity index (χ0v) is 8.25. The normalized spacial score (nSPS) is 19.1. The van der Waals surface area contributed by atoms with Crippen molar-refractivity contribution in [1.29, 1.82) is 0 Å². The fraction of sp³-hybridized carbons (Fsp3) is 0.364. The number of carbonyl (C=O) groups is 1. The lowest BCUT2D eigenvalue weighted by Gasteiger charge is -2.13. The van der Waals surface area contributed by atoms with Crippen LogP contribution in [0.3, 0.4) is 0 Å². The Morgan fingerprint density at radius 1 is 1.44 bits per heavy atom. The molecule has 1 aliphatic heterocycles. The van der Waals surface area contributed by atoms with E-state index in [1.807, 2.05) is 0 Å². The molecule has 2 nitrogen and oxygen atoms in total. The molecule has 1 heterocycles. The average molecular weight is 230 g/mol. The number of hydrogen-bond acceptors (Lipinski definition) is 2. The highest BCUT2D eigenvalue weighted by Gasteiger charge is 2.39. The minimum absolute atomic E-state index is 0.0556. The van der Waals surface area contributed by atoms with E-state index in [2.05, 4.69) is 0 Å². The van der Waals surface area contributed by atoms with E-state index < -0.39 is 17.7 Å². The predicted molar refractivity (Wildman–Crippen MR) is 50.4 cm³/mol. The van der Waals surface area contributed by atoms with Crippen molar-refractivity contribution in [1.82, 2.24) is 0 Å². The Hall–Kier alpha value is -1.52. The number of alkyl halides is 3. The molecule has 1 aromatic carbocycles. The first-order valence-corrected chi connectivity index (χ1v) is 4.80. The van der Waals surface area contributed by atoms with E-state index in [9.17, 15) is 18.0 Å². The molecule has 16 heavy (non-hydrogen) atoms. The van der Waals surface area contributed by atoms with Gasteiger partial charge in [-0.05, 0) is 12.1 Å². The van der Waals surface area contributed by atoms with Crippen LogP contribution in [0.4, 0.5) is 13.2 Å². The van der Waals surface area contributed by atoms with Crippen molar-refractivity contribution in [2.45, 2.75) is 18.5 Å². The second kappa shape index (κ2) is 3.81. The lowest BCUT2D eigenvalue weighted by molar-refractivity contribution is -0.138. The number of hydrogen-bond donors (Lipinski definition) is 0. The van der Waals surface area contributed by atoms with Gasteiger partial charge in [-0.25, -0.2) is 0 Å². The number of aldehydes is 1. The van der Waals surface area contributed by atoms with Gasteiger partial charge in [-0.1, -0.05) is 6.07 Å². The maximum Gasteiger partial charge on any atom is 0.416 e. The van der Waals surface area contributed by atoms with Crippen LogP contribution in [0, 0.1) is 0 Å². The van der Waals surface area contributed by atoms with Gasteiger partial charge in [0, 0.05) is 17.9 Å². The number of fused-ring (bicyclic) bond motifs is 1. The van der Waals surface area contributed by atoms with E-state index >= 15 is 0 Å². The molecule has 0 spiro atoms. The molecule has 5 heteroatoms. The molecule has 0 fully saturated rings. The van der Waals surface area contributed by atoms with Gasteiger partial charge < -0.3 is 9.53 Å². The summed E-state index contributed by atoms with van der Waals surface area (Å²) in [7, 11) is 0. The van der Waals surface area contributed by atoms with Crippen molar-refractivity contribution in [3.05, 3.63) is 29.3 Å². The third kappa shape index (κ3) is 1.77. The average Bonchev–Trinajstić information content (AvgIpc) is 2.61. The molecule has 1 unspecified atom stereocenters. The van der Waals surface area contributed by atoms with Gasteiger partial charge in [0.05, 0.1) is 12.2 Å². The first-order valence-electron chi connectivity index (χ1n) is 4.80. The molecular weight excluding hydrogens is 221 g/mol. The summed E-state index contributed by atoms with van der Waals surface area (Å²) in [4.78, 5) is 10.4. The molecule has 0 saturated carbocycles. The van der Waals surface area contributed by atoms with Crippen molar-refractivity contribution >= 4 is 6.29 Å². The lowest BCUT2D eigenvalue weighted by atomic mass is 9.93. The second-order valence-corrected chi connectivity index (χ2v) is 3.63. The summed E-state index contributed by atoms with van der Waals surface area (Å²) in [6.07, 6.45) is -3.73. The SMILES string of the molecule is O=CCC1COc2cccc(C(F)(F)F)c21. The molecule has 0 saturated heterocycles. The van der Waals surface area contributed by atoms with Crippen molar-refractivity contribution in [3.63, 3.8) is 0 Å². The fourth-order valence-electron chi connectivity index (χ4n) is 1.91. The van der Waals surface area contributed by atoms with Gasteiger partial charge in [0.15, 0.2) is 0 Å². The number of benzene rings is 1. The maximum atomic E-state index is 12.7. The van der Waals surface area contributed by atoms with Crippen LogP contribution in [-0.2, 0) is 11.0 Å². The number of rotatable bonds is 2. The number of halogens is 3. The minimum Gasteiger partial charge on any atom is -0.493 e. The highest BCUT2D eigenvalue weighted by atomic mass is 19.4. The van der Waals surface area contributed by atoms with E-state index in [0.717, 1.165) is 6.07 Å². The van der Waals surface area contributed by atoms with Gasteiger partial charge in [-0.3, -0.25) is 0 Å². The fourth-order valence-corrected chi connectivity index (χ4v) is 1.91. The van der Waals surface area contributed by atoms with Crippen molar-refractivity contribution < 1.29 is 22.7 Å². The summed E-state index contributed by atoms with van der Waals surface area (Å²) in [5.74, 6) is -0.244. The topological polar surface area (TPSA) is 26.3 Å². The Morgan fingerprint density at radius 3 is 2.81 bits per heavy atom. The monoisotopic (exact) mass is 230 g/mol. The molecule has 1 aromatic rings. The maximum absolute atomic E-state index is 12.7. The van der Waals surface area contributed by atoms with E-state index in [1.54, 1.807) is 0 Å². The summed E-state index contributed by atoms with van der Waals surface area (Å²) < 4.78 is 43.3. The van der Waals surface area contributed by atoms with Gasteiger partial charge in [0.25, 0.3) is 0 Å². The van der Waals surface area contributed by atoms with E-state index in [-0.39, 0.29) is 24.3 Å². The summed E-state index contributed by atoms with van der Waals surface area (Å²) >= 11 is 0. The van der Waals surface area contributed by atoms with Gasteiger partial charge >= 0.3 is 6.18 Å². The zero-order valence-electron chi connectivity index (χ0n) is 8.25. The zero-order chi connectivity index (χ0) is 11.8. The Bertz CT molecular complexity index is 412. The van der Waals surface area contributed by atoms with Crippen LogP contribution in [0.1, 0.15) is 23.5 Å². The van der Waals surface area contributed by atoms with Gasteiger partial charge in [0.1, 0.15) is 12.0 Å². The van der Waals surface area contributed by atoms with Crippen LogP contribution in [0.25, 0.3) is 0 Å². The molecule has 0 bridgehead atoms. The van der Waals surface area contributed by atoms with E-state index in [4.69, 9.17) is 4.74 Å². The van der Waals surface area contributed by atoms with Crippen LogP contribution in [0.15, 0.2) is 18.2 Å². The summed E-state index contributed by atoms with van der Waals surface area (Å²) in [6, 6.07) is 3.83. The third-order valence-electron chi connectivity index (χ3n) is 2.60. The van der Waals surface area contributed by atoms with Gasteiger partial charge in [-0.2, -0.15) is 13.2 Å². The summed E-state index contributed by atoms with van der Waals surface area (Å²) in [5.41, 5.74) is -0.587. The van der Waals surface area contributed by atoms with Crippen LogP contribution in [-0.4, -0.2) is 12.9 Å². The third-order valence-corrected chi connectivity index (χ3v) is 2.60. The molecule has 1 aliphatic rings. The molecule has 0 aromatic heterocycles. The first kappa shape index (κ1) is 11.0. The summed E-state index contributed by atoms with van der Waals surface area (Å²) in [5, 5.41) is 0. The Balaban J connectivity index is 2.49. The van der Waals surface area contributed by atoms with E-state index in [0.29, 0.717) is 6.29 Å². The largest absolute Gasteiger partial charge is 0.493 e. The van der Waals surface area contributed by atoms with Gasteiger partial charge in [0.2, 0.25) is 0 Å². The van der Waals surface area contributed by atoms with Crippen molar-refractivity contribution in [2.24, 2.45) is 0 Å². The Morgan fingerprint density at radius 2 is 2.19 bits per heavy atom. The van der Waals surface area contributed by atoms with Crippen LogP contribution < -0.4 is 4.74 Å². The molecular formula is C11H9F3O2. The van der Waals surface area contributed by atoms with Crippen molar-refractivity contribution in [2.75, 3.05) is 6.61 Å². The standard InChI is InChI=1S/C11H9F3O2/c12-11(13,14)8-2-1-3-9-10(8)7(4-5-15)6-16-9/h1-3,5,7H,4,6H2. The number of carbonyl (C=O) groups excluding carboxylic acids is 1. The quantitative estimate of drug-likeness (QED) is 0.730. The van der Waals surface area contributed by atoms with Crippen LogP contribution in [0.2, 0.25) is 0 Å². The van der Waals surface area contributed by atoms with Crippen LogP contribution in [0.5, 0.6) is 5.75 Å². The van der Waals surface area contributed by atoms with E-state index in [1.165, 1.54) is 12.1 Å². The molecule has 1 atom stereocenters. The molecule has 0 amide bonds. The molecule has 0 aliphatic carbocycles. The molecule has 0 radical (unpaired) electrons. The molecule has 0 N–H and O–H groups in total. The predicted octanol–water partition coefficient (Wildman–Crippen LogP) is 2.77. The smallest absolute Gasteiger partial charge is 0.416 e.